The van der Waals surface area contributed by atoms with Crippen LogP contribution in [0.15, 0.2) is 30.5 Å². The molecule has 3 rings (SSSR count). The summed E-state index contributed by atoms with van der Waals surface area (Å²) in [6, 6.07) is 8.37. The van der Waals surface area contributed by atoms with Crippen LogP contribution in [0.25, 0.3) is 10.8 Å². The van der Waals surface area contributed by atoms with Gasteiger partial charge in [0.25, 0.3) is 0 Å². The average Bonchev–Trinajstić information content (AvgIpc) is 2.91. The van der Waals surface area contributed by atoms with E-state index in [-0.39, 0.29) is 6.61 Å². The largest absolute Gasteiger partial charge is 0.390 e. The molecule has 0 amide bonds. The van der Waals surface area contributed by atoms with E-state index in [9.17, 15) is 0 Å². The molecule has 3 nitrogen and oxygen atoms in total. The molecule has 1 aliphatic heterocycles. The predicted molar refractivity (Wildman–Crippen MR) is 65.8 cm³/mol. The fourth-order valence-corrected chi connectivity index (χ4v) is 2.34. The predicted octanol–water partition coefficient (Wildman–Crippen LogP) is 2.23. The van der Waals surface area contributed by atoms with Crippen LogP contribution in [0.1, 0.15) is 23.6 Å². The van der Waals surface area contributed by atoms with E-state index in [0.29, 0.717) is 5.92 Å². The summed E-state index contributed by atoms with van der Waals surface area (Å²) in [6.45, 7) is 1.69. The topological polar surface area (TPSA) is 42.4 Å². The third-order valence-electron chi connectivity index (χ3n) is 3.37. The van der Waals surface area contributed by atoms with Crippen LogP contribution in [0.3, 0.4) is 0 Å². The zero-order valence-corrected chi connectivity index (χ0v) is 9.60. The highest BCUT2D eigenvalue weighted by Crippen LogP contribution is 2.27. The summed E-state index contributed by atoms with van der Waals surface area (Å²) in [5.41, 5.74) is 2.04. The second kappa shape index (κ2) is 4.43. The lowest BCUT2D eigenvalue weighted by atomic mass is 9.96. The van der Waals surface area contributed by atoms with Crippen molar-refractivity contribution in [1.29, 1.82) is 0 Å². The van der Waals surface area contributed by atoms with E-state index in [1.54, 1.807) is 0 Å². The zero-order valence-electron chi connectivity index (χ0n) is 9.60. The monoisotopic (exact) mass is 229 g/mol. The molecule has 1 atom stereocenters. The molecule has 17 heavy (non-hydrogen) atoms. The van der Waals surface area contributed by atoms with Gasteiger partial charge in [0.15, 0.2) is 0 Å². The van der Waals surface area contributed by atoms with Gasteiger partial charge in [0.1, 0.15) is 0 Å². The third kappa shape index (κ3) is 2.04. The number of hydrogen-bond donors (Lipinski definition) is 1. The van der Waals surface area contributed by atoms with Crippen molar-refractivity contribution < 1.29 is 9.84 Å². The summed E-state index contributed by atoms with van der Waals surface area (Å²) in [4.78, 5) is 4.21. The summed E-state index contributed by atoms with van der Waals surface area (Å²) in [6.07, 6.45) is 2.94. The van der Waals surface area contributed by atoms with E-state index in [4.69, 9.17) is 9.84 Å². The number of nitrogens with zero attached hydrogens (tertiary/aromatic N) is 1. The number of ether oxygens (including phenoxy) is 1. The Balaban J connectivity index is 2.01. The molecule has 1 saturated heterocycles. The Morgan fingerprint density at radius 1 is 1.29 bits per heavy atom. The van der Waals surface area contributed by atoms with Crippen molar-refractivity contribution >= 4 is 10.8 Å². The Bertz CT molecular complexity index is 533. The van der Waals surface area contributed by atoms with Crippen molar-refractivity contribution in [3.63, 3.8) is 0 Å². The molecular formula is C14H15NO2. The number of hydrogen-bond acceptors (Lipinski definition) is 3. The van der Waals surface area contributed by atoms with Gasteiger partial charge in [-0.2, -0.15) is 0 Å². The van der Waals surface area contributed by atoms with E-state index >= 15 is 0 Å². The molecule has 3 heteroatoms. The number of aromatic nitrogens is 1. The van der Waals surface area contributed by atoms with Gasteiger partial charge in [0.05, 0.1) is 18.9 Å². The third-order valence-corrected chi connectivity index (χ3v) is 3.37. The molecule has 0 aliphatic carbocycles. The van der Waals surface area contributed by atoms with Crippen LogP contribution in [-0.2, 0) is 11.3 Å². The van der Waals surface area contributed by atoms with Crippen molar-refractivity contribution in [2.75, 3.05) is 13.2 Å². The molecule has 88 valence electrons. The van der Waals surface area contributed by atoms with Gasteiger partial charge in [0, 0.05) is 24.1 Å². The van der Waals surface area contributed by atoms with Crippen molar-refractivity contribution in [1.82, 2.24) is 4.98 Å². The lowest BCUT2D eigenvalue weighted by Crippen LogP contribution is -1.97. The number of fused-ring (bicyclic) bond motifs is 1. The van der Waals surface area contributed by atoms with Crippen molar-refractivity contribution in [2.24, 2.45) is 0 Å². The summed E-state index contributed by atoms with van der Waals surface area (Å²) < 4.78 is 5.41. The summed E-state index contributed by atoms with van der Waals surface area (Å²) >= 11 is 0. The van der Waals surface area contributed by atoms with Gasteiger partial charge in [-0.25, -0.2) is 0 Å². The molecule has 0 spiro atoms. The molecular weight excluding hydrogens is 214 g/mol. The Hall–Kier alpha value is -1.45. The summed E-state index contributed by atoms with van der Waals surface area (Å²) in [5.74, 6) is 0.525. The van der Waals surface area contributed by atoms with Gasteiger partial charge in [0.2, 0.25) is 0 Å². The first-order chi connectivity index (χ1) is 8.36. The minimum absolute atomic E-state index is 0.00580. The number of benzene rings is 1. The van der Waals surface area contributed by atoms with Crippen LogP contribution in [0.2, 0.25) is 0 Å². The van der Waals surface area contributed by atoms with Gasteiger partial charge in [-0.05, 0) is 29.5 Å². The van der Waals surface area contributed by atoms with Crippen LogP contribution >= 0.6 is 0 Å². The second-order valence-corrected chi connectivity index (χ2v) is 4.50. The fourth-order valence-electron chi connectivity index (χ4n) is 2.34. The molecule has 0 saturated carbocycles. The van der Waals surface area contributed by atoms with E-state index < -0.39 is 0 Å². The molecule has 1 aromatic carbocycles. The molecule has 2 aromatic rings. The average molecular weight is 229 g/mol. The fraction of sp³-hybridized carbons (Fsp3) is 0.357. The lowest BCUT2D eigenvalue weighted by Gasteiger charge is -2.09. The van der Waals surface area contributed by atoms with Gasteiger partial charge in [-0.1, -0.05) is 12.1 Å². The smallest absolute Gasteiger partial charge is 0.0853 e. The standard InChI is InChI=1S/C14H15NO2/c16-8-14-6-11-2-1-10(5-13(11)7-15-14)12-3-4-17-9-12/h1-2,5-7,12,16H,3-4,8-9H2/t12-/m0/s1. The molecule has 1 N–H and O–H groups in total. The highest BCUT2D eigenvalue weighted by Gasteiger charge is 2.17. The second-order valence-electron chi connectivity index (χ2n) is 4.50. The van der Waals surface area contributed by atoms with E-state index in [2.05, 4.69) is 23.2 Å². The van der Waals surface area contributed by atoms with Crippen LogP contribution in [0.5, 0.6) is 0 Å². The molecule has 1 fully saturated rings. The highest BCUT2D eigenvalue weighted by atomic mass is 16.5. The van der Waals surface area contributed by atoms with E-state index in [0.717, 1.165) is 36.1 Å². The van der Waals surface area contributed by atoms with Crippen LogP contribution in [0, 0.1) is 0 Å². The number of aliphatic hydroxyl groups is 1. The maximum Gasteiger partial charge on any atom is 0.0853 e. The Labute approximate surface area is 100 Å². The normalized spacial score (nSPS) is 19.9. The van der Waals surface area contributed by atoms with Crippen molar-refractivity contribution in [3.05, 3.63) is 41.7 Å². The Morgan fingerprint density at radius 3 is 3.00 bits per heavy atom. The number of pyridine rings is 1. The number of aliphatic hydroxyl groups excluding tert-OH is 1. The quantitative estimate of drug-likeness (QED) is 0.858. The van der Waals surface area contributed by atoms with Gasteiger partial charge in [-0.3, -0.25) is 4.98 Å². The van der Waals surface area contributed by atoms with Crippen LogP contribution in [0.4, 0.5) is 0 Å². The lowest BCUT2D eigenvalue weighted by molar-refractivity contribution is 0.194. The van der Waals surface area contributed by atoms with Gasteiger partial charge < -0.3 is 9.84 Å². The van der Waals surface area contributed by atoms with Crippen molar-refractivity contribution in [3.8, 4) is 0 Å². The Morgan fingerprint density at radius 2 is 2.24 bits per heavy atom. The minimum Gasteiger partial charge on any atom is -0.390 e. The maximum absolute atomic E-state index is 9.05. The zero-order chi connectivity index (χ0) is 11.7. The number of rotatable bonds is 2. The molecule has 0 radical (unpaired) electrons. The summed E-state index contributed by atoms with van der Waals surface area (Å²) in [7, 11) is 0. The van der Waals surface area contributed by atoms with E-state index in [1.165, 1.54) is 5.56 Å². The SMILES string of the molecule is OCc1cc2ccc([C@H]3CCOC3)cc2cn1. The van der Waals surface area contributed by atoms with Crippen LogP contribution < -0.4 is 0 Å². The van der Waals surface area contributed by atoms with Gasteiger partial charge in [-0.15, -0.1) is 0 Å². The molecule has 0 bridgehead atoms. The minimum atomic E-state index is -0.00580. The van der Waals surface area contributed by atoms with Crippen LogP contribution in [-0.4, -0.2) is 23.3 Å². The first kappa shape index (κ1) is 10.7. The molecule has 1 aromatic heterocycles. The van der Waals surface area contributed by atoms with E-state index in [1.807, 2.05) is 12.3 Å². The molecule has 1 aliphatic rings. The summed E-state index contributed by atoms with van der Waals surface area (Å²) in [5, 5.41) is 11.3. The Kier molecular flexibility index (Phi) is 2.79. The van der Waals surface area contributed by atoms with Crippen molar-refractivity contribution in [2.45, 2.75) is 18.9 Å². The highest BCUT2D eigenvalue weighted by molar-refractivity contribution is 5.82. The van der Waals surface area contributed by atoms with Gasteiger partial charge >= 0.3 is 0 Å². The molecule has 0 unspecified atom stereocenters. The molecule has 2 heterocycles. The first-order valence-corrected chi connectivity index (χ1v) is 5.94. The maximum atomic E-state index is 9.05. The first-order valence-electron chi connectivity index (χ1n) is 5.94.